The number of nitrogens with one attached hydrogen (secondary N) is 2. The van der Waals surface area contributed by atoms with Crippen molar-refractivity contribution in [3.05, 3.63) is 0 Å². The highest BCUT2D eigenvalue weighted by Crippen LogP contribution is 2.19. The zero-order chi connectivity index (χ0) is 9.73. The van der Waals surface area contributed by atoms with Crippen molar-refractivity contribution in [2.24, 2.45) is 0 Å². The summed E-state index contributed by atoms with van der Waals surface area (Å²) in [6.07, 6.45) is 2.97. The van der Waals surface area contributed by atoms with Crippen molar-refractivity contribution in [3.63, 3.8) is 0 Å². The summed E-state index contributed by atoms with van der Waals surface area (Å²) in [5, 5.41) is 6.09. The number of hydrogen-bond donors (Lipinski definition) is 2. The lowest BCUT2D eigenvalue weighted by Crippen LogP contribution is -2.56. The maximum atomic E-state index is 10.2. The molecule has 0 bridgehead atoms. The van der Waals surface area contributed by atoms with Gasteiger partial charge < -0.3 is 15.5 Å². The van der Waals surface area contributed by atoms with Crippen molar-refractivity contribution < 1.29 is 4.79 Å². The smallest absolute Gasteiger partial charge is 0.207 e. The van der Waals surface area contributed by atoms with Gasteiger partial charge in [-0.15, -0.1) is 0 Å². The van der Waals surface area contributed by atoms with Crippen molar-refractivity contribution in [2.45, 2.75) is 18.4 Å². The van der Waals surface area contributed by atoms with Gasteiger partial charge in [0.15, 0.2) is 0 Å². The summed E-state index contributed by atoms with van der Waals surface area (Å²) in [5.74, 6) is 0. The summed E-state index contributed by atoms with van der Waals surface area (Å²) in [5.41, 5.74) is 0.118. The molecular formula is C9H19N3O. The van der Waals surface area contributed by atoms with Crippen LogP contribution in [0, 0.1) is 0 Å². The Kier molecular flexibility index (Phi) is 3.69. The number of hydrogen-bond acceptors (Lipinski definition) is 3. The molecule has 13 heavy (non-hydrogen) atoms. The molecule has 1 aliphatic rings. The highest BCUT2D eigenvalue weighted by Gasteiger charge is 2.31. The van der Waals surface area contributed by atoms with Gasteiger partial charge in [0.05, 0.1) is 0 Å². The highest BCUT2D eigenvalue weighted by atomic mass is 16.1. The summed E-state index contributed by atoms with van der Waals surface area (Å²) in [6, 6.07) is 0. The van der Waals surface area contributed by atoms with Crippen LogP contribution < -0.4 is 10.6 Å². The topological polar surface area (TPSA) is 44.4 Å². The highest BCUT2D eigenvalue weighted by molar-refractivity contribution is 5.46. The van der Waals surface area contributed by atoms with E-state index in [1.54, 1.807) is 0 Å². The van der Waals surface area contributed by atoms with E-state index >= 15 is 0 Å². The summed E-state index contributed by atoms with van der Waals surface area (Å²) in [7, 11) is 4.10. The number of rotatable bonds is 4. The normalized spacial score (nSPS) is 22.6. The van der Waals surface area contributed by atoms with Crippen molar-refractivity contribution in [3.8, 4) is 0 Å². The standard InChI is InChI=1S/C9H19N3O/c1-10-9(7-11-8-13)3-5-12(2)6-4-9/h8,10H,3-7H2,1-2H3,(H,11,13). The van der Waals surface area contributed by atoms with Gasteiger partial charge in [-0.3, -0.25) is 4.79 Å². The van der Waals surface area contributed by atoms with Gasteiger partial charge >= 0.3 is 0 Å². The van der Waals surface area contributed by atoms with Gasteiger partial charge in [0.25, 0.3) is 0 Å². The van der Waals surface area contributed by atoms with Gasteiger partial charge in [0.2, 0.25) is 6.41 Å². The quantitative estimate of drug-likeness (QED) is 0.576. The second-order valence-electron chi connectivity index (χ2n) is 3.83. The fourth-order valence-corrected chi connectivity index (χ4v) is 1.80. The molecule has 0 saturated carbocycles. The molecule has 0 aromatic carbocycles. The first-order valence-corrected chi connectivity index (χ1v) is 4.77. The number of carbonyl (C=O) groups excluding carboxylic acids is 1. The van der Waals surface area contributed by atoms with Crippen LogP contribution in [0.25, 0.3) is 0 Å². The van der Waals surface area contributed by atoms with Crippen LogP contribution in [0.3, 0.4) is 0 Å². The number of likely N-dealkylation sites (N-methyl/N-ethyl adjacent to an activating group) is 1. The molecule has 1 saturated heterocycles. The predicted octanol–water partition coefficient (Wildman–Crippen LogP) is -0.584. The lowest BCUT2D eigenvalue weighted by atomic mass is 9.88. The monoisotopic (exact) mass is 185 g/mol. The third-order valence-corrected chi connectivity index (χ3v) is 3.00. The van der Waals surface area contributed by atoms with Crippen LogP contribution in [0.5, 0.6) is 0 Å². The molecule has 0 aromatic heterocycles. The van der Waals surface area contributed by atoms with E-state index in [0.717, 1.165) is 38.9 Å². The Hall–Kier alpha value is -0.610. The van der Waals surface area contributed by atoms with E-state index in [2.05, 4.69) is 22.6 Å². The van der Waals surface area contributed by atoms with Crippen LogP contribution in [0.15, 0.2) is 0 Å². The Morgan fingerprint density at radius 3 is 2.54 bits per heavy atom. The molecule has 0 aromatic rings. The Bertz CT molecular complexity index is 164. The third kappa shape index (κ3) is 2.67. The van der Waals surface area contributed by atoms with E-state index in [4.69, 9.17) is 0 Å². The average molecular weight is 185 g/mol. The second kappa shape index (κ2) is 4.58. The Labute approximate surface area is 79.7 Å². The van der Waals surface area contributed by atoms with Crippen molar-refractivity contribution in [1.82, 2.24) is 15.5 Å². The first-order chi connectivity index (χ1) is 6.22. The Morgan fingerprint density at radius 1 is 1.46 bits per heavy atom. The van der Waals surface area contributed by atoms with Gasteiger partial charge in [-0.05, 0) is 40.0 Å². The van der Waals surface area contributed by atoms with E-state index in [9.17, 15) is 4.79 Å². The van der Waals surface area contributed by atoms with Gasteiger partial charge in [-0.2, -0.15) is 0 Å². The molecule has 1 heterocycles. The number of likely N-dealkylation sites (tertiary alicyclic amines) is 1. The molecule has 76 valence electrons. The summed E-state index contributed by atoms with van der Waals surface area (Å²) in [4.78, 5) is 12.5. The minimum atomic E-state index is 0.118. The predicted molar refractivity (Wildman–Crippen MR) is 52.6 cm³/mol. The van der Waals surface area contributed by atoms with Gasteiger partial charge in [0.1, 0.15) is 0 Å². The minimum absolute atomic E-state index is 0.118. The van der Waals surface area contributed by atoms with E-state index in [1.165, 1.54) is 0 Å². The maximum absolute atomic E-state index is 10.2. The maximum Gasteiger partial charge on any atom is 0.207 e. The molecule has 2 N–H and O–H groups in total. The van der Waals surface area contributed by atoms with Gasteiger partial charge in [-0.25, -0.2) is 0 Å². The lowest BCUT2D eigenvalue weighted by molar-refractivity contribution is -0.109. The summed E-state index contributed by atoms with van der Waals surface area (Å²) >= 11 is 0. The van der Waals surface area contributed by atoms with Crippen LogP contribution in [-0.2, 0) is 4.79 Å². The molecule has 4 heteroatoms. The minimum Gasteiger partial charge on any atom is -0.357 e. The average Bonchev–Trinajstić information content (AvgIpc) is 2.18. The molecule has 1 fully saturated rings. The van der Waals surface area contributed by atoms with Gasteiger partial charge in [-0.1, -0.05) is 0 Å². The number of piperidine rings is 1. The number of carbonyl (C=O) groups is 1. The van der Waals surface area contributed by atoms with E-state index in [0.29, 0.717) is 0 Å². The van der Waals surface area contributed by atoms with Gasteiger partial charge in [0, 0.05) is 12.1 Å². The molecule has 0 unspecified atom stereocenters. The third-order valence-electron chi connectivity index (χ3n) is 3.00. The largest absolute Gasteiger partial charge is 0.357 e. The van der Waals surface area contributed by atoms with Crippen molar-refractivity contribution >= 4 is 6.41 Å². The molecule has 0 spiro atoms. The first kappa shape index (κ1) is 10.5. The molecule has 1 rings (SSSR count). The van der Waals surface area contributed by atoms with Crippen LogP contribution in [0.4, 0.5) is 0 Å². The van der Waals surface area contributed by atoms with Crippen LogP contribution in [-0.4, -0.2) is 50.6 Å². The summed E-state index contributed by atoms with van der Waals surface area (Å²) < 4.78 is 0. The molecule has 0 atom stereocenters. The molecule has 4 nitrogen and oxygen atoms in total. The van der Waals surface area contributed by atoms with Crippen molar-refractivity contribution in [1.29, 1.82) is 0 Å². The fourth-order valence-electron chi connectivity index (χ4n) is 1.80. The first-order valence-electron chi connectivity index (χ1n) is 4.77. The number of amides is 1. The Balaban J connectivity index is 2.44. The molecule has 1 amide bonds. The molecule has 1 aliphatic heterocycles. The summed E-state index contributed by atoms with van der Waals surface area (Å²) in [6.45, 7) is 2.93. The Morgan fingerprint density at radius 2 is 2.08 bits per heavy atom. The van der Waals surface area contributed by atoms with Crippen LogP contribution >= 0.6 is 0 Å². The van der Waals surface area contributed by atoms with Crippen molar-refractivity contribution in [2.75, 3.05) is 33.7 Å². The van der Waals surface area contributed by atoms with E-state index < -0.39 is 0 Å². The lowest BCUT2D eigenvalue weighted by Gasteiger charge is -2.40. The van der Waals surface area contributed by atoms with E-state index in [1.807, 2.05) is 7.05 Å². The SMILES string of the molecule is CNC1(CNC=O)CCN(C)CC1. The zero-order valence-corrected chi connectivity index (χ0v) is 8.47. The molecule has 0 radical (unpaired) electrons. The fraction of sp³-hybridized carbons (Fsp3) is 0.889. The van der Waals surface area contributed by atoms with Crippen LogP contribution in [0.1, 0.15) is 12.8 Å². The number of nitrogens with zero attached hydrogens (tertiary/aromatic N) is 1. The second-order valence-corrected chi connectivity index (χ2v) is 3.83. The van der Waals surface area contributed by atoms with E-state index in [-0.39, 0.29) is 5.54 Å². The molecule has 0 aliphatic carbocycles. The zero-order valence-electron chi connectivity index (χ0n) is 8.47. The van der Waals surface area contributed by atoms with Crippen LogP contribution in [0.2, 0.25) is 0 Å². The molecular weight excluding hydrogens is 166 g/mol.